The van der Waals surface area contributed by atoms with Gasteiger partial charge in [-0.15, -0.1) is 0 Å². The second-order valence-corrected chi connectivity index (χ2v) is 10.1. The van der Waals surface area contributed by atoms with Gasteiger partial charge >= 0.3 is 17.9 Å². The minimum absolute atomic E-state index is 0.0283. The predicted octanol–water partition coefficient (Wildman–Crippen LogP) is 1.57. The van der Waals surface area contributed by atoms with Gasteiger partial charge in [-0.25, -0.2) is 31.6 Å². The molecule has 19 heteroatoms. The summed E-state index contributed by atoms with van der Waals surface area (Å²) in [5.74, 6) is -5.13. The maximum atomic E-state index is 13.6. The van der Waals surface area contributed by atoms with Crippen molar-refractivity contribution in [1.29, 1.82) is 0 Å². The van der Waals surface area contributed by atoms with Crippen LogP contribution in [-0.4, -0.2) is 63.4 Å². The largest absolute Gasteiger partial charge is 0.492 e. The van der Waals surface area contributed by atoms with Gasteiger partial charge in [0.25, 0.3) is 0 Å². The van der Waals surface area contributed by atoms with Crippen LogP contribution in [0.25, 0.3) is 17.2 Å². The minimum Gasteiger partial charge on any atom is -0.345 e. The molecule has 0 unspecified atom stereocenters. The van der Waals surface area contributed by atoms with E-state index in [4.69, 9.17) is 11.6 Å². The molecule has 1 aliphatic rings. The number of hydrogen-bond acceptors (Lipinski definition) is 11. The molecule has 0 bridgehead atoms. The molecule has 37 heavy (non-hydrogen) atoms. The molecule has 0 saturated carbocycles. The number of benzene rings is 1. The van der Waals surface area contributed by atoms with E-state index in [0.717, 1.165) is 22.8 Å². The Balaban J connectivity index is 1.74. The second kappa shape index (κ2) is 10.2. The van der Waals surface area contributed by atoms with Crippen molar-refractivity contribution in [2.75, 3.05) is 13.1 Å². The Morgan fingerprint density at radius 2 is 1.95 bits per heavy atom. The molecule has 13 nitrogen and oxygen atoms in total. The highest BCUT2D eigenvalue weighted by Gasteiger charge is 2.46. The van der Waals surface area contributed by atoms with Gasteiger partial charge < -0.3 is 10.2 Å². The lowest BCUT2D eigenvalue weighted by Crippen LogP contribution is -2.46. The van der Waals surface area contributed by atoms with Gasteiger partial charge in [-0.2, -0.15) is 13.2 Å². The molecule has 0 atom stereocenters. The predicted molar refractivity (Wildman–Crippen MR) is 113 cm³/mol. The number of nitrogens with one attached hydrogen (secondary N) is 1. The topological polar surface area (TPSA) is 163 Å². The van der Waals surface area contributed by atoms with Crippen LogP contribution in [-0.2, 0) is 26.2 Å². The molecule has 1 N–H and O–H groups in total. The lowest BCUT2D eigenvalue weighted by molar-refractivity contribution is -0.224. The van der Waals surface area contributed by atoms with E-state index >= 15 is 0 Å². The Morgan fingerprint density at radius 1 is 1.24 bits per heavy atom. The van der Waals surface area contributed by atoms with Gasteiger partial charge in [0.05, 0.1) is 22.5 Å². The molecule has 1 fully saturated rings. The van der Waals surface area contributed by atoms with E-state index in [2.05, 4.69) is 34.8 Å². The molecule has 0 amide bonds. The molecule has 0 radical (unpaired) electrons. The van der Waals surface area contributed by atoms with Crippen LogP contribution in [0, 0.1) is 5.82 Å². The maximum absolute atomic E-state index is 13.6. The number of carbonyl (C=O) groups excluding carboxylic acids is 1. The van der Waals surface area contributed by atoms with Crippen LogP contribution in [0.1, 0.15) is 18.5 Å². The molecule has 3 aromatic rings. The molecule has 200 valence electrons. The van der Waals surface area contributed by atoms with E-state index < -0.39 is 62.7 Å². The Hall–Kier alpha value is -3.35. The number of hydrogen-bond donors (Lipinski definition) is 1. The zero-order valence-electron chi connectivity index (χ0n) is 18.2. The van der Waals surface area contributed by atoms with Crippen molar-refractivity contribution >= 4 is 27.6 Å². The smallest absolute Gasteiger partial charge is 0.345 e. The van der Waals surface area contributed by atoms with E-state index in [9.17, 15) is 35.6 Å². The summed E-state index contributed by atoms with van der Waals surface area (Å²) in [7, 11) is -4.65. The van der Waals surface area contributed by atoms with Crippen molar-refractivity contribution in [1.82, 2.24) is 29.8 Å². The van der Waals surface area contributed by atoms with Crippen LogP contribution in [0.3, 0.4) is 0 Å². The maximum Gasteiger partial charge on any atom is 0.492 e. The summed E-state index contributed by atoms with van der Waals surface area (Å²) in [4.78, 5) is 28.1. The highest BCUT2D eigenvalue weighted by Crippen LogP contribution is 2.28. The molecule has 4 rings (SSSR count). The number of halogens is 5. The fraction of sp³-hybridized carbons (Fsp3) is 0.389. The quantitative estimate of drug-likeness (QED) is 0.324. The number of piperidine rings is 1. The lowest BCUT2D eigenvalue weighted by Gasteiger charge is -2.28. The Kier molecular flexibility index (Phi) is 7.36. The summed E-state index contributed by atoms with van der Waals surface area (Å²) < 4.78 is 88.4. The molecule has 1 saturated heterocycles. The first-order valence-corrected chi connectivity index (χ1v) is 12.1. The summed E-state index contributed by atoms with van der Waals surface area (Å²) in [6.07, 6.45) is -5.46. The monoisotopic (exact) mass is 570 g/mol. The molecule has 3 heterocycles. The Labute approximate surface area is 208 Å². The van der Waals surface area contributed by atoms with Crippen LogP contribution < -0.4 is 11.1 Å². The molecule has 0 aliphatic carbocycles. The first kappa shape index (κ1) is 26.7. The van der Waals surface area contributed by atoms with Crippen molar-refractivity contribution in [3.63, 3.8) is 0 Å². The van der Waals surface area contributed by atoms with Crippen molar-refractivity contribution in [2.45, 2.75) is 30.8 Å². The van der Waals surface area contributed by atoms with E-state index in [1.807, 2.05) is 0 Å². The Morgan fingerprint density at radius 3 is 2.59 bits per heavy atom. The lowest BCUT2D eigenvalue weighted by atomic mass is 10.2. The van der Waals surface area contributed by atoms with Gasteiger partial charge in [0.1, 0.15) is 11.5 Å². The van der Waals surface area contributed by atoms with Crippen LogP contribution in [0.2, 0.25) is 5.02 Å². The SMILES string of the molecule is O=C(ON(Cc1nonc1-c1noc(=O)n1-c1ccc(F)c(Cl)c1)S(=O)(=O)C1CCNCC1)C(F)(F)F. The molecule has 1 aromatic carbocycles. The highest BCUT2D eigenvalue weighted by atomic mass is 35.5. The molecular weight excluding hydrogens is 556 g/mol. The van der Waals surface area contributed by atoms with Gasteiger partial charge in [0.15, 0.2) is 5.69 Å². The van der Waals surface area contributed by atoms with Gasteiger partial charge in [0, 0.05) is 0 Å². The van der Waals surface area contributed by atoms with E-state index in [1.165, 1.54) is 0 Å². The Bertz CT molecular complexity index is 1470. The summed E-state index contributed by atoms with van der Waals surface area (Å²) in [6, 6.07) is 3.12. The molecular formula is C18H15ClF4N6O7S. The molecule has 0 spiro atoms. The van der Waals surface area contributed by atoms with Crippen molar-refractivity contribution in [3.05, 3.63) is 45.3 Å². The fourth-order valence-electron chi connectivity index (χ4n) is 3.43. The molecule has 2 aromatic heterocycles. The van der Waals surface area contributed by atoms with Crippen LogP contribution in [0.15, 0.2) is 32.1 Å². The standard InChI is InChI=1S/C18H15ClF4N6O7S/c19-11-7-9(1-2-12(11)20)29-15(27-34-17(29)31)14-13(25-36-26-14)8-28(35-16(30)18(21,22)23)37(32,33)10-3-5-24-6-4-10/h1-2,7,10,24H,3-6,8H2. The van der Waals surface area contributed by atoms with Gasteiger partial charge in [-0.3, -0.25) is 4.52 Å². The first-order valence-electron chi connectivity index (χ1n) is 10.3. The highest BCUT2D eigenvalue weighted by molar-refractivity contribution is 7.89. The number of aromatic nitrogens is 4. The average molecular weight is 571 g/mol. The summed E-state index contributed by atoms with van der Waals surface area (Å²) in [5, 5.41) is 11.9. The number of carbonyl (C=O) groups is 1. The van der Waals surface area contributed by atoms with Gasteiger partial charge in [-0.1, -0.05) is 21.9 Å². The van der Waals surface area contributed by atoms with Crippen molar-refractivity contribution in [3.8, 4) is 17.2 Å². The third-order valence-electron chi connectivity index (χ3n) is 5.22. The number of sulfonamides is 1. The van der Waals surface area contributed by atoms with Crippen LogP contribution >= 0.6 is 11.6 Å². The minimum atomic E-state index is -5.51. The fourth-order valence-corrected chi connectivity index (χ4v) is 5.24. The zero-order chi connectivity index (χ0) is 27.0. The van der Waals surface area contributed by atoms with Gasteiger partial charge in [-0.05, 0) is 53.8 Å². The van der Waals surface area contributed by atoms with Crippen molar-refractivity contribution < 1.29 is 44.8 Å². The number of hydroxylamine groups is 1. The number of nitrogens with zero attached hydrogens (tertiary/aromatic N) is 5. The first-order chi connectivity index (χ1) is 17.4. The molecule has 1 aliphatic heterocycles. The zero-order valence-corrected chi connectivity index (χ0v) is 19.8. The average Bonchev–Trinajstić information content (AvgIpc) is 3.46. The van der Waals surface area contributed by atoms with E-state index in [0.29, 0.717) is 0 Å². The second-order valence-electron chi connectivity index (χ2n) is 7.60. The van der Waals surface area contributed by atoms with Crippen LogP contribution in [0.4, 0.5) is 17.6 Å². The summed E-state index contributed by atoms with van der Waals surface area (Å²) in [5.41, 5.74) is -0.980. The summed E-state index contributed by atoms with van der Waals surface area (Å²) >= 11 is 5.76. The van der Waals surface area contributed by atoms with E-state index in [-0.39, 0.29) is 41.1 Å². The number of rotatable bonds is 7. The number of alkyl halides is 3. The summed E-state index contributed by atoms with van der Waals surface area (Å²) in [6.45, 7) is -0.571. The van der Waals surface area contributed by atoms with Gasteiger partial charge in [0.2, 0.25) is 15.8 Å². The van der Waals surface area contributed by atoms with E-state index in [1.54, 1.807) is 0 Å². The van der Waals surface area contributed by atoms with Crippen LogP contribution in [0.5, 0.6) is 0 Å². The third-order valence-corrected chi connectivity index (χ3v) is 7.60. The third kappa shape index (κ3) is 5.50. The van der Waals surface area contributed by atoms with Crippen molar-refractivity contribution in [2.24, 2.45) is 0 Å². The normalized spacial score (nSPS) is 15.3.